The molecule has 0 atom stereocenters. The van der Waals surface area contributed by atoms with E-state index in [9.17, 15) is 4.39 Å². The first-order valence-electron chi connectivity index (χ1n) is 8.52. The molecule has 0 bridgehead atoms. The van der Waals surface area contributed by atoms with Crippen LogP contribution in [0, 0.1) is 12.7 Å². The van der Waals surface area contributed by atoms with Gasteiger partial charge >= 0.3 is 0 Å². The van der Waals surface area contributed by atoms with Crippen molar-refractivity contribution < 1.29 is 4.39 Å². The van der Waals surface area contributed by atoms with Crippen LogP contribution in [0.4, 0.5) is 10.2 Å². The number of hydrogen-bond acceptors (Lipinski definition) is 4. The fourth-order valence-corrected chi connectivity index (χ4v) is 3.66. The molecule has 0 unspecified atom stereocenters. The van der Waals surface area contributed by atoms with Gasteiger partial charge in [-0.3, -0.25) is 0 Å². The number of anilines is 1. The van der Waals surface area contributed by atoms with Crippen LogP contribution in [0.15, 0.2) is 24.3 Å². The maximum absolute atomic E-state index is 13.0. The van der Waals surface area contributed by atoms with Crippen molar-refractivity contribution in [3.8, 4) is 0 Å². The Morgan fingerprint density at radius 2 is 1.92 bits per heavy atom. The SMILES string of the molecule is Cc1nn(C2CCCC2)c2nc(Cl)nc(NCc3ccc(F)cc3)c12. The van der Waals surface area contributed by atoms with Crippen molar-refractivity contribution in [3.63, 3.8) is 0 Å². The summed E-state index contributed by atoms with van der Waals surface area (Å²) in [6, 6.07) is 6.77. The van der Waals surface area contributed by atoms with Gasteiger partial charge in [0.15, 0.2) is 5.65 Å². The summed E-state index contributed by atoms with van der Waals surface area (Å²) in [6.45, 7) is 2.49. The molecule has 2 aromatic heterocycles. The lowest BCUT2D eigenvalue weighted by molar-refractivity contribution is 0.476. The molecule has 5 nitrogen and oxygen atoms in total. The number of benzene rings is 1. The third kappa shape index (κ3) is 3.18. The second-order valence-electron chi connectivity index (χ2n) is 6.49. The first kappa shape index (κ1) is 16.3. The minimum atomic E-state index is -0.245. The number of nitrogens with one attached hydrogen (secondary N) is 1. The Morgan fingerprint density at radius 1 is 1.20 bits per heavy atom. The summed E-state index contributed by atoms with van der Waals surface area (Å²) in [7, 11) is 0. The first-order chi connectivity index (χ1) is 12.1. The van der Waals surface area contributed by atoms with E-state index in [0.717, 1.165) is 35.1 Å². The second-order valence-corrected chi connectivity index (χ2v) is 6.83. The number of aryl methyl sites for hydroxylation is 1. The molecule has 1 aromatic carbocycles. The van der Waals surface area contributed by atoms with E-state index in [1.807, 2.05) is 11.6 Å². The molecule has 1 saturated carbocycles. The Morgan fingerprint density at radius 3 is 2.64 bits per heavy atom. The van der Waals surface area contributed by atoms with Crippen LogP contribution in [-0.2, 0) is 6.54 Å². The Balaban J connectivity index is 1.69. The van der Waals surface area contributed by atoms with Crippen molar-refractivity contribution in [3.05, 3.63) is 46.6 Å². The van der Waals surface area contributed by atoms with Gasteiger partial charge < -0.3 is 5.32 Å². The maximum atomic E-state index is 13.0. The smallest absolute Gasteiger partial charge is 0.226 e. The highest BCUT2D eigenvalue weighted by atomic mass is 35.5. The lowest BCUT2D eigenvalue weighted by Crippen LogP contribution is -2.08. The van der Waals surface area contributed by atoms with Crippen LogP contribution < -0.4 is 5.32 Å². The number of fused-ring (bicyclic) bond motifs is 1. The van der Waals surface area contributed by atoms with Crippen molar-refractivity contribution >= 4 is 28.5 Å². The van der Waals surface area contributed by atoms with Gasteiger partial charge in [0.2, 0.25) is 5.28 Å². The number of hydrogen-bond donors (Lipinski definition) is 1. The normalized spacial score (nSPS) is 15.2. The number of aromatic nitrogens is 4. The number of halogens is 2. The van der Waals surface area contributed by atoms with Gasteiger partial charge in [0, 0.05) is 6.54 Å². The van der Waals surface area contributed by atoms with Crippen LogP contribution in [0.2, 0.25) is 5.28 Å². The molecular weight excluding hydrogens is 341 g/mol. The van der Waals surface area contributed by atoms with E-state index in [1.54, 1.807) is 12.1 Å². The van der Waals surface area contributed by atoms with E-state index in [1.165, 1.54) is 25.0 Å². The van der Waals surface area contributed by atoms with Crippen molar-refractivity contribution in [2.75, 3.05) is 5.32 Å². The summed E-state index contributed by atoms with van der Waals surface area (Å²) in [6.07, 6.45) is 4.69. The predicted octanol–water partition coefficient (Wildman–Crippen LogP) is 4.65. The molecule has 1 aliphatic carbocycles. The van der Waals surface area contributed by atoms with Gasteiger partial charge in [0.25, 0.3) is 0 Å². The van der Waals surface area contributed by atoms with E-state index in [0.29, 0.717) is 18.4 Å². The van der Waals surface area contributed by atoms with Crippen LogP contribution in [0.5, 0.6) is 0 Å². The Hall–Kier alpha value is -2.21. The van der Waals surface area contributed by atoms with Gasteiger partial charge in [-0.25, -0.2) is 9.07 Å². The molecule has 0 saturated heterocycles. The molecule has 1 aliphatic rings. The Labute approximate surface area is 150 Å². The molecule has 7 heteroatoms. The summed E-state index contributed by atoms with van der Waals surface area (Å²) >= 11 is 6.16. The standard InChI is InChI=1S/C18H19ClFN5/c1-11-15-16(21-10-12-6-8-13(20)9-7-12)22-18(19)23-17(15)25(24-11)14-4-2-3-5-14/h6-9,14H,2-5,10H2,1H3,(H,21,22,23). The van der Waals surface area contributed by atoms with Crippen molar-refractivity contribution in [1.29, 1.82) is 0 Å². The largest absolute Gasteiger partial charge is 0.365 e. The Kier molecular flexibility index (Phi) is 4.29. The van der Waals surface area contributed by atoms with Crippen LogP contribution >= 0.6 is 11.6 Å². The molecule has 0 spiro atoms. The average Bonchev–Trinajstić information content (AvgIpc) is 3.22. The summed E-state index contributed by atoms with van der Waals surface area (Å²) < 4.78 is 15.1. The van der Waals surface area contributed by atoms with Crippen LogP contribution in [0.3, 0.4) is 0 Å². The minimum Gasteiger partial charge on any atom is -0.365 e. The summed E-state index contributed by atoms with van der Waals surface area (Å²) in [5.74, 6) is 0.422. The lowest BCUT2D eigenvalue weighted by Gasteiger charge is -2.11. The molecule has 130 valence electrons. The highest BCUT2D eigenvalue weighted by Crippen LogP contribution is 2.34. The molecule has 4 rings (SSSR count). The molecule has 1 fully saturated rings. The van der Waals surface area contributed by atoms with Gasteiger partial charge in [-0.2, -0.15) is 15.1 Å². The van der Waals surface area contributed by atoms with Crippen molar-refractivity contribution in [2.24, 2.45) is 0 Å². The minimum absolute atomic E-state index is 0.202. The lowest BCUT2D eigenvalue weighted by atomic mass is 10.2. The van der Waals surface area contributed by atoms with E-state index >= 15 is 0 Å². The molecule has 3 aromatic rings. The zero-order valence-electron chi connectivity index (χ0n) is 14.0. The van der Waals surface area contributed by atoms with Crippen LogP contribution in [0.25, 0.3) is 11.0 Å². The zero-order chi connectivity index (χ0) is 17.4. The summed E-state index contributed by atoms with van der Waals surface area (Å²) in [5.41, 5.74) is 2.64. The van der Waals surface area contributed by atoms with Gasteiger partial charge in [-0.05, 0) is 49.1 Å². The van der Waals surface area contributed by atoms with Crippen LogP contribution in [-0.4, -0.2) is 19.7 Å². The van der Waals surface area contributed by atoms with Gasteiger partial charge in [0.1, 0.15) is 11.6 Å². The third-order valence-electron chi connectivity index (χ3n) is 4.74. The third-order valence-corrected chi connectivity index (χ3v) is 4.91. The van der Waals surface area contributed by atoms with Gasteiger partial charge in [0.05, 0.1) is 17.1 Å². The van der Waals surface area contributed by atoms with E-state index in [-0.39, 0.29) is 11.1 Å². The quantitative estimate of drug-likeness (QED) is 0.688. The Bertz CT molecular complexity index is 900. The molecule has 25 heavy (non-hydrogen) atoms. The number of nitrogens with zero attached hydrogens (tertiary/aromatic N) is 4. The monoisotopic (exact) mass is 359 g/mol. The molecule has 0 aliphatic heterocycles. The van der Waals surface area contributed by atoms with E-state index in [4.69, 9.17) is 16.7 Å². The number of rotatable bonds is 4. The van der Waals surface area contributed by atoms with E-state index in [2.05, 4.69) is 15.3 Å². The molecular formula is C18H19ClFN5. The van der Waals surface area contributed by atoms with E-state index < -0.39 is 0 Å². The van der Waals surface area contributed by atoms with Crippen molar-refractivity contribution in [2.45, 2.75) is 45.2 Å². The summed E-state index contributed by atoms with van der Waals surface area (Å²) in [5, 5.41) is 9.11. The zero-order valence-corrected chi connectivity index (χ0v) is 14.7. The fraction of sp³-hybridized carbons (Fsp3) is 0.389. The molecule has 1 N–H and O–H groups in total. The molecule has 0 radical (unpaired) electrons. The molecule has 2 heterocycles. The highest BCUT2D eigenvalue weighted by Gasteiger charge is 2.23. The summed E-state index contributed by atoms with van der Waals surface area (Å²) in [4.78, 5) is 8.78. The molecule has 0 amide bonds. The first-order valence-corrected chi connectivity index (χ1v) is 8.90. The topological polar surface area (TPSA) is 55.6 Å². The van der Waals surface area contributed by atoms with Gasteiger partial charge in [-0.15, -0.1) is 0 Å². The average molecular weight is 360 g/mol. The fourth-order valence-electron chi connectivity index (χ4n) is 3.50. The maximum Gasteiger partial charge on any atom is 0.226 e. The van der Waals surface area contributed by atoms with Crippen LogP contribution in [0.1, 0.15) is 43.0 Å². The second kappa shape index (κ2) is 6.59. The van der Waals surface area contributed by atoms with Gasteiger partial charge in [-0.1, -0.05) is 25.0 Å². The highest BCUT2D eigenvalue weighted by molar-refractivity contribution is 6.28. The predicted molar refractivity (Wildman–Crippen MR) is 96.3 cm³/mol. The van der Waals surface area contributed by atoms with Crippen molar-refractivity contribution in [1.82, 2.24) is 19.7 Å².